The second-order valence-corrected chi connectivity index (χ2v) is 5.43. The van der Waals surface area contributed by atoms with E-state index in [1.165, 1.54) is 0 Å². The highest BCUT2D eigenvalue weighted by atomic mass is 16.2. The predicted molar refractivity (Wildman–Crippen MR) is 88.6 cm³/mol. The van der Waals surface area contributed by atoms with Gasteiger partial charge in [-0.05, 0) is 24.3 Å². The van der Waals surface area contributed by atoms with Crippen LogP contribution in [0, 0.1) is 0 Å². The largest absolute Gasteiger partial charge is 0.343 e. The first-order valence-corrected chi connectivity index (χ1v) is 7.39. The summed E-state index contributed by atoms with van der Waals surface area (Å²) in [4.78, 5) is 37.3. The zero-order chi connectivity index (χ0) is 16.7. The van der Waals surface area contributed by atoms with Gasteiger partial charge in [0.05, 0.1) is 23.1 Å². The van der Waals surface area contributed by atoms with E-state index in [-0.39, 0.29) is 23.8 Å². The number of hydrogen-bond acceptors (Lipinski definition) is 4. The number of aryl methyl sites for hydroxylation is 1. The van der Waals surface area contributed by atoms with E-state index in [0.29, 0.717) is 11.2 Å². The van der Waals surface area contributed by atoms with E-state index in [2.05, 4.69) is 25.3 Å². The highest BCUT2D eigenvalue weighted by molar-refractivity contribution is 5.93. The van der Waals surface area contributed by atoms with Gasteiger partial charge in [0.2, 0.25) is 0 Å². The van der Waals surface area contributed by atoms with Crippen molar-refractivity contribution in [1.82, 2.24) is 29.8 Å². The van der Waals surface area contributed by atoms with Crippen molar-refractivity contribution in [1.29, 1.82) is 0 Å². The van der Waals surface area contributed by atoms with Crippen LogP contribution in [0.3, 0.4) is 0 Å². The van der Waals surface area contributed by atoms with E-state index >= 15 is 0 Å². The first-order chi connectivity index (χ1) is 11.6. The Hall–Kier alpha value is -3.42. The molecule has 0 radical (unpaired) electrons. The van der Waals surface area contributed by atoms with Crippen LogP contribution in [0.5, 0.6) is 0 Å². The lowest BCUT2D eigenvalue weighted by Crippen LogP contribution is -2.25. The molecule has 0 aliphatic carbocycles. The lowest BCUT2D eigenvalue weighted by atomic mass is 10.3. The SMILES string of the molecule is Cn1c(CNC(=O)c2ccc3[nH]c(=O)[nH]c3n2)nc2ccccc21. The van der Waals surface area contributed by atoms with E-state index < -0.39 is 0 Å². The average molecular weight is 322 g/mol. The van der Waals surface area contributed by atoms with Gasteiger partial charge in [0.15, 0.2) is 5.65 Å². The molecule has 4 rings (SSSR count). The summed E-state index contributed by atoms with van der Waals surface area (Å²) in [7, 11) is 1.91. The third-order valence-corrected chi connectivity index (χ3v) is 3.89. The first-order valence-electron chi connectivity index (χ1n) is 7.39. The predicted octanol–water partition coefficient (Wildman–Crippen LogP) is 1.07. The van der Waals surface area contributed by atoms with Gasteiger partial charge in [0.1, 0.15) is 11.5 Å². The van der Waals surface area contributed by atoms with Crippen LogP contribution in [0.4, 0.5) is 0 Å². The van der Waals surface area contributed by atoms with Crippen molar-refractivity contribution in [2.75, 3.05) is 0 Å². The monoisotopic (exact) mass is 322 g/mol. The molecule has 120 valence electrons. The Bertz CT molecular complexity index is 1120. The van der Waals surface area contributed by atoms with E-state index in [1.54, 1.807) is 12.1 Å². The minimum Gasteiger partial charge on any atom is -0.343 e. The van der Waals surface area contributed by atoms with Gasteiger partial charge in [-0.3, -0.25) is 9.78 Å². The summed E-state index contributed by atoms with van der Waals surface area (Å²) in [6.45, 7) is 0.285. The van der Waals surface area contributed by atoms with Crippen LogP contribution in [0.15, 0.2) is 41.2 Å². The summed E-state index contributed by atoms with van der Waals surface area (Å²) >= 11 is 0. The highest BCUT2D eigenvalue weighted by Gasteiger charge is 2.12. The van der Waals surface area contributed by atoms with E-state index in [0.717, 1.165) is 16.9 Å². The fourth-order valence-electron chi connectivity index (χ4n) is 2.65. The van der Waals surface area contributed by atoms with Crippen LogP contribution in [-0.2, 0) is 13.6 Å². The molecule has 0 saturated heterocycles. The topological polar surface area (TPSA) is 108 Å². The first kappa shape index (κ1) is 14.2. The number of rotatable bonds is 3. The van der Waals surface area contributed by atoms with Crippen molar-refractivity contribution in [2.24, 2.45) is 7.05 Å². The lowest BCUT2D eigenvalue weighted by Gasteiger charge is -2.05. The van der Waals surface area contributed by atoms with E-state index in [9.17, 15) is 9.59 Å². The Morgan fingerprint density at radius 2 is 2.00 bits per heavy atom. The Kier molecular flexibility index (Phi) is 3.16. The molecular weight excluding hydrogens is 308 g/mol. The minimum absolute atomic E-state index is 0.233. The van der Waals surface area contributed by atoms with Gasteiger partial charge in [-0.15, -0.1) is 0 Å². The van der Waals surface area contributed by atoms with Gasteiger partial charge in [-0.1, -0.05) is 12.1 Å². The smallest absolute Gasteiger partial charge is 0.325 e. The van der Waals surface area contributed by atoms with Crippen molar-refractivity contribution in [2.45, 2.75) is 6.54 Å². The molecule has 0 atom stereocenters. The molecule has 0 aliphatic rings. The van der Waals surface area contributed by atoms with Gasteiger partial charge in [0, 0.05) is 7.05 Å². The van der Waals surface area contributed by atoms with Crippen LogP contribution in [0.25, 0.3) is 22.2 Å². The average Bonchev–Trinajstić information content (AvgIpc) is 3.11. The van der Waals surface area contributed by atoms with Crippen molar-refractivity contribution < 1.29 is 4.79 Å². The fourth-order valence-corrected chi connectivity index (χ4v) is 2.65. The number of H-pyrrole nitrogens is 2. The van der Waals surface area contributed by atoms with Gasteiger partial charge < -0.3 is 14.9 Å². The van der Waals surface area contributed by atoms with E-state index in [4.69, 9.17) is 0 Å². The van der Waals surface area contributed by atoms with Crippen LogP contribution < -0.4 is 11.0 Å². The summed E-state index contributed by atoms with van der Waals surface area (Å²) in [6, 6.07) is 11.0. The molecule has 3 heterocycles. The number of nitrogens with zero attached hydrogens (tertiary/aromatic N) is 3. The number of nitrogens with one attached hydrogen (secondary N) is 3. The molecule has 3 aromatic heterocycles. The summed E-state index contributed by atoms with van der Waals surface area (Å²) < 4.78 is 1.94. The molecule has 8 heteroatoms. The van der Waals surface area contributed by atoms with Crippen molar-refractivity contribution in [3.8, 4) is 0 Å². The van der Waals surface area contributed by atoms with Crippen LogP contribution in [0.2, 0.25) is 0 Å². The Balaban J connectivity index is 1.56. The maximum atomic E-state index is 12.3. The number of fused-ring (bicyclic) bond motifs is 2. The quantitative estimate of drug-likeness (QED) is 0.524. The molecule has 0 bridgehead atoms. The van der Waals surface area contributed by atoms with Crippen molar-refractivity contribution >= 4 is 28.1 Å². The van der Waals surface area contributed by atoms with Crippen LogP contribution in [0.1, 0.15) is 16.3 Å². The van der Waals surface area contributed by atoms with Gasteiger partial charge in [-0.2, -0.15) is 0 Å². The van der Waals surface area contributed by atoms with Crippen LogP contribution in [-0.4, -0.2) is 30.4 Å². The van der Waals surface area contributed by atoms with Crippen molar-refractivity contribution in [3.05, 3.63) is 58.4 Å². The number of aromatic amines is 2. The van der Waals surface area contributed by atoms with Gasteiger partial charge >= 0.3 is 5.69 Å². The normalized spacial score (nSPS) is 11.2. The number of amides is 1. The maximum absolute atomic E-state index is 12.3. The molecule has 0 aliphatic heterocycles. The molecule has 0 saturated carbocycles. The lowest BCUT2D eigenvalue weighted by molar-refractivity contribution is 0.0945. The third-order valence-electron chi connectivity index (χ3n) is 3.89. The molecule has 8 nitrogen and oxygen atoms in total. The van der Waals surface area contributed by atoms with Crippen LogP contribution >= 0.6 is 0 Å². The number of pyridine rings is 1. The molecule has 1 amide bonds. The maximum Gasteiger partial charge on any atom is 0.325 e. The minimum atomic E-state index is -0.352. The molecule has 1 aromatic carbocycles. The number of para-hydroxylation sites is 2. The number of aromatic nitrogens is 5. The molecular formula is C16H14N6O2. The second-order valence-electron chi connectivity index (χ2n) is 5.43. The zero-order valence-corrected chi connectivity index (χ0v) is 12.8. The van der Waals surface area contributed by atoms with E-state index in [1.807, 2.05) is 35.9 Å². The molecule has 24 heavy (non-hydrogen) atoms. The summed E-state index contributed by atoms with van der Waals surface area (Å²) in [6.07, 6.45) is 0. The Labute approximate surface area is 135 Å². The number of carbonyl (C=O) groups excluding carboxylic acids is 1. The number of carbonyl (C=O) groups is 1. The molecule has 4 aromatic rings. The van der Waals surface area contributed by atoms with Gasteiger partial charge in [-0.25, -0.2) is 14.8 Å². The van der Waals surface area contributed by atoms with Gasteiger partial charge in [0.25, 0.3) is 5.91 Å². The van der Waals surface area contributed by atoms with Crippen molar-refractivity contribution in [3.63, 3.8) is 0 Å². The Morgan fingerprint density at radius 1 is 1.17 bits per heavy atom. The summed E-state index contributed by atoms with van der Waals surface area (Å²) in [5, 5.41) is 2.80. The number of benzene rings is 1. The summed E-state index contributed by atoms with van der Waals surface area (Å²) in [5.41, 5.74) is 2.69. The standard InChI is InChI=1S/C16H14N6O2/c1-22-12-5-3-2-4-9(12)18-13(22)8-17-15(23)11-7-6-10-14(19-11)21-16(24)20-10/h2-7H,8H2,1H3,(H,17,23)(H2,19,20,21,24). The number of imidazole rings is 2. The summed E-state index contributed by atoms with van der Waals surface area (Å²) in [5.74, 6) is 0.423. The molecule has 3 N–H and O–H groups in total. The number of hydrogen-bond donors (Lipinski definition) is 3. The third kappa shape index (κ3) is 2.34. The fraction of sp³-hybridized carbons (Fsp3) is 0.125. The molecule has 0 unspecified atom stereocenters. The second kappa shape index (κ2) is 5.34. The zero-order valence-electron chi connectivity index (χ0n) is 12.8. The highest BCUT2D eigenvalue weighted by Crippen LogP contribution is 2.14. The molecule has 0 fully saturated rings. The Morgan fingerprint density at radius 3 is 2.83 bits per heavy atom. The molecule has 0 spiro atoms.